The minimum absolute atomic E-state index is 0.0724. The largest absolute Gasteiger partial charge is 0.475 e. The van der Waals surface area contributed by atoms with Crippen molar-refractivity contribution in [3.63, 3.8) is 0 Å². The molecule has 3 aromatic rings. The average molecular weight is 383 g/mol. The summed E-state index contributed by atoms with van der Waals surface area (Å²) >= 11 is 12.4. The molecule has 1 atom stereocenters. The normalized spacial score (nSPS) is 16.3. The molecule has 130 valence electrons. The van der Waals surface area contributed by atoms with Gasteiger partial charge in [0.15, 0.2) is 0 Å². The molecular formula is C21H16Cl2N2O. The minimum Gasteiger partial charge on any atom is -0.475 e. The van der Waals surface area contributed by atoms with E-state index in [2.05, 4.69) is 65.4 Å². The molecule has 2 heterocycles. The van der Waals surface area contributed by atoms with Crippen LogP contribution in [0.3, 0.4) is 0 Å². The lowest BCUT2D eigenvalue weighted by molar-refractivity contribution is 0.320. The minimum atomic E-state index is -0.0724. The number of halogens is 2. The van der Waals surface area contributed by atoms with Crippen molar-refractivity contribution in [3.8, 4) is 11.1 Å². The summed E-state index contributed by atoms with van der Waals surface area (Å²) in [4.78, 5) is 8.63. The van der Waals surface area contributed by atoms with E-state index < -0.39 is 0 Å². The zero-order valence-corrected chi connectivity index (χ0v) is 15.6. The third-order valence-electron chi connectivity index (χ3n) is 4.37. The molecule has 2 aromatic carbocycles. The Morgan fingerprint density at radius 1 is 0.962 bits per heavy atom. The smallest absolute Gasteiger partial charge is 0.220 e. The van der Waals surface area contributed by atoms with Gasteiger partial charge in [0, 0.05) is 12.4 Å². The summed E-state index contributed by atoms with van der Waals surface area (Å²) in [5.74, 6) is 0.468. The molecule has 0 saturated heterocycles. The van der Waals surface area contributed by atoms with Crippen LogP contribution in [0.25, 0.3) is 11.1 Å². The van der Waals surface area contributed by atoms with Crippen LogP contribution in [0, 0.1) is 6.92 Å². The van der Waals surface area contributed by atoms with Crippen LogP contribution in [0.1, 0.15) is 22.7 Å². The molecule has 26 heavy (non-hydrogen) atoms. The Bertz CT molecular complexity index is 963. The van der Waals surface area contributed by atoms with Crippen LogP contribution in [0.5, 0.6) is 0 Å². The number of aryl methyl sites for hydroxylation is 1. The SMILES string of the molecule is Cc1cccc(-c2ccc(C3COC(c4c(Cl)cncc4Cl)=N3)cc2)c1. The summed E-state index contributed by atoms with van der Waals surface area (Å²) in [6.45, 7) is 2.56. The molecule has 1 unspecified atom stereocenters. The first-order chi connectivity index (χ1) is 12.6. The molecule has 1 aromatic heterocycles. The van der Waals surface area contributed by atoms with Gasteiger partial charge in [-0.3, -0.25) is 4.98 Å². The molecule has 0 spiro atoms. The Kier molecular flexibility index (Phi) is 4.66. The number of aliphatic imine (C=N–C) groups is 1. The topological polar surface area (TPSA) is 34.5 Å². The Morgan fingerprint density at radius 2 is 1.69 bits per heavy atom. The van der Waals surface area contributed by atoms with E-state index in [1.54, 1.807) is 12.4 Å². The summed E-state index contributed by atoms with van der Waals surface area (Å²) in [6.07, 6.45) is 3.08. The predicted molar refractivity (Wildman–Crippen MR) is 106 cm³/mol. The van der Waals surface area contributed by atoms with Crippen LogP contribution in [0.15, 0.2) is 65.9 Å². The fourth-order valence-electron chi connectivity index (χ4n) is 3.02. The predicted octanol–water partition coefficient (Wildman–Crippen LogP) is 5.88. The molecule has 0 amide bonds. The van der Waals surface area contributed by atoms with Crippen LogP contribution in [-0.2, 0) is 4.74 Å². The van der Waals surface area contributed by atoms with Crippen LogP contribution >= 0.6 is 23.2 Å². The standard InChI is InChI=1S/C21H16Cl2N2O/c1-13-3-2-4-16(9-13)14-5-7-15(8-6-14)19-12-26-21(25-19)20-17(22)10-24-11-18(20)23/h2-11,19H,12H2,1H3. The number of benzene rings is 2. The first kappa shape index (κ1) is 17.1. The summed E-state index contributed by atoms with van der Waals surface area (Å²) in [5.41, 5.74) is 5.33. The van der Waals surface area contributed by atoms with Gasteiger partial charge in [-0.1, -0.05) is 77.3 Å². The van der Waals surface area contributed by atoms with Crippen LogP contribution in [0.4, 0.5) is 0 Å². The maximum absolute atomic E-state index is 6.20. The van der Waals surface area contributed by atoms with Gasteiger partial charge in [-0.05, 0) is 23.6 Å². The Morgan fingerprint density at radius 3 is 2.38 bits per heavy atom. The second-order valence-electron chi connectivity index (χ2n) is 6.23. The lowest BCUT2D eigenvalue weighted by atomic mass is 10.0. The Balaban J connectivity index is 1.60. The van der Waals surface area contributed by atoms with Crippen molar-refractivity contribution in [2.45, 2.75) is 13.0 Å². The molecule has 0 saturated carbocycles. The number of pyridine rings is 1. The number of hydrogen-bond donors (Lipinski definition) is 0. The van der Waals surface area contributed by atoms with Crippen molar-refractivity contribution < 1.29 is 4.74 Å². The quantitative estimate of drug-likeness (QED) is 0.566. The third-order valence-corrected chi connectivity index (χ3v) is 4.94. The summed E-state index contributed by atoms with van der Waals surface area (Å²) in [5, 5.41) is 0.874. The van der Waals surface area contributed by atoms with Crippen LogP contribution in [0.2, 0.25) is 10.0 Å². The zero-order valence-electron chi connectivity index (χ0n) is 14.1. The van der Waals surface area contributed by atoms with Crippen molar-refractivity contribution in [1.29, 1.82) is 0 Å². The van der Waals surface area contributed by atoms with E-state index in [0.29, 0.717) is 28.1 Å². The summed E-state index contributed by atoms with van der Waals surface area (Å²) < 4.78 is 5.75. The van der Waals surface area contributed by atoms with E-state index in [0.717, 1.165) is 5.56 Å². The fraction of sp³-hybridized carbons (Fsp3) is 0.143. The summed E-state index contributed by atoms with van der Waals surface area (Å²) in [7, 11) is 0. The van der Waals surface area contributed by atoms with Gasteiger partial charge in [0.1, 0.15) is 12.6 Å². The van der Waals surface area contributed by atoms with Crippen molar-refractivity contribution in [2.24, 2.45) is 4.99 Å². The van der Waals surface area contributed by atoms with Crippen molar-refractivity contribution in [1.82, 2.24) is 4.98 Å². The van der Waals surface area contributed by atoms with Crippen molar-refractivity contribution in [2.75, 3.05) is 6.61 Å². The molecule has 0 N–H and O–H groups in total. The summed E-state index contributed by atoms with van der Waals surface area (Å²) in [6, 6.07) is 16.8. The second kappa shape index (κ2) is 7.10. The lowest BCUT2D eigenvalue weighted by Crippen LogP contribution is -2.03. The van der Waals surface area contributed by atoms with Gasteiger partial charge in [0.2, 0.25) is 5.90 Å². The molecule has 0 aliphatic carbocycles. The number of ether oxygens (including phenoxy) is 1. The zero-order chi connectivity index (χ0) is 18.1. The van der Waals surface area contributed by atoms with Gasteiger partial charge in [0.25, 0.3) is 0 Å². The van der Waals surface area contributed by atoms with E-state index in [9.17, 15) is 0 Å². The van der Waals surface area contributed by atoms with E-state index >= 15 is 0 Å². The van der Waals surface area contributed by atoms with Gasteiger partial charge in [-0.25, -0.2) is 4.99 Å². The van der Waals surface area contributed by atoms with Gasteiger partial charge < -0.3 is 4.74 Å². The van der Waals surface area contributed by atoms with Crippen LogP contribution < -0.4 is 0 Å². The highest BCUT2D eigenvalue weighted by Gasteiger charge is 2.25. The van der Waals surface area contributed by atoms with E-state index in [1.165, 1.54) is 16.7 Å². The lowest BCUT2D eigenvalue weighted by Gasteiger charge is -2.08. The highest BCUT2D eigenvalue weighted by atomic mass is 35.5. The van der Waals surface area contributed by atoms with E-state index in [4.69, 9.17) is 27.9 Å². The second-order valence-corrected chi connectivity index (χ2v) is 7.05. The maximum Gasteiger partial charge on any atom is 0.220 e. The molecular weight excluding hydrogens is 367 g/mol. The monoisotopic (exact) mass is 382 g/mol. The van der Waals surface area contributed by atoms with Gasteiger partial charge >= 0.3 is 0 Å². The Hall–Kier alpha value is -2.36. The van der Waals surface area contributed by atoms with Gasteiger partial charge in [0.05, 0.1) is 15.6 Å². The fourth-order valence-corrected chi connectivity index (χ4v) is 3.55. The molecule has 3 nitrogen and oxygen atoms in total. The molecule has 5 heteroatoms. The molecule has 0 radical (unpaired) electrons. The number of hydrogen-bond acceptors (Lipinski definition) is 3. The highest BCUT2D eigenvalue weighted by molar-refractivity contribution is 6.39. The molecule has 0 fully saturated rings. The maximum atomic E-state index is 6.20. The molecule has 0 bridgehead atoms. The molecule has 1 aliphatic heterocycles. The van der Waals surface area contributed by atoms with Gasteiger partial charge in [-0.15, -0.1) is 0 Å². The molecule has 4 rings (SSSR count). The first-order valence-electron chi connectivity index (χ1n) is 8.29. The highest BCUT2D eigenvalue weighted by Crippen LogP contribution is 2.31. The number of aromatic nitrogens is 1. The van der Waals surface area contributed by atoms with Crippen LogP contribution in [-0.4, -0.2) is 17.5 Å². The molecule has 1 aliphatic rings. The third kappa shape index (κ3) is 3.33. The number of nitrogens with zero attached hydrogens (tertiary/aromatic N) is 2. The average Bonchev–Trinajstić information content (AvgIpc) is 3.11. The van der Waals surface area contributed by atoms with Crippen molar-refractivity contribution in [3.05, 3.63) is 87.7 Å². The van der Waals surface area contributed by atoms with Gasteiger partial charge in [-0.2, -0.15) is 0 Å². The first-order valence-corrected chi connectivity index (χ1v) is 9.04. The Labute approximate surface area is 162 Å². The van der Waals surface area contributed by atoms with Crippen molar-refractivity contribution >= 4 is 29.1 Å². The number of rotatable bonds is 3. The van der Waals surface area contributed by atoms with E-state index in [1.807, 2.05) is 0 Å². The van der Waals surface area contributed by atoms with E-state index in [-0.39, 0.29) is 6.04 Å².